The zero-order chi connectivity index (χ0) is 16.4. The first-order valence-corrected chi connectivity index (χ1v) is 7.51. The number of hydrogen-bond donors (Lipinski definition) is 1. The fourth-order valence-corrected chi connectivity index (χ4v) is 3.22. The zero-order valence-electron chi connectivity index (χ0n) is 13.0. The molecule has 1 aromatic heterocycles. The lowest BCUT2D eigenvalue weighted by molar-refractivity contribution is -0.152. The van der Waals surface area contributed by atoms with Gasteiger partial charge in [-0.25, -0.2) is 4.98 Å². The summed E-state index contributed by atoms with van der Waals surface area (Å²) < 4.78 is 4.85. The number of nitrogens with one attached hydrogen (secondary N) is 1. The molecule has 1 heterocycles. The minimum Gasteiger partial charge on any atom is -0.469 e. The first kappa shape index (κ1) is 16.7. The Morgan fingerprint density at radius 1 is 1.27 bits per heavy atom. The highest BCUT2D eigenvalue weighted by Gasteiger charge is 2.51. The van der Waals surface area contributed by atoms with E-state index in [0.29, 0.717) is 25.0 Å². The van der Waals surface area contributed by atoms with Crippen LogP contribution >= 0.6 is 11.6 Å². The van der Waals surface area contributed by atoms with Crippen LogP contribution in [0.2, 0.25) is 5.15 Å². The van der Waals surface area contributed by atoms with Crippen LogP contribution in [0.3, 0.4) is 0 Å². The van der Waals surface area contributed by atoms with Crippen molar-refractivity contribution in [2.24, 2.45) is 10.8 Å². The maximum atomic E-state index is 12.5. The van der Waals surface area contributed by atoms with Crippen LogP contribution < -0.4 is 5.32 Å². The van der Waals surface area contributed by atoms with E-state index in [1.54, 1.807) is 0 Å². The van der Waals surface area contributed by atoms with E-state index in [4.69, 9.17) is 16.3 Å². The van der Waals surface area contributed by atoms with Crippen molar-refractivity contribution in [2.75, 3.05) is 7.11 Å². The van der Waals surface area contributed by atoms with E-state index in [-0.39, 0.29) is 23.6 Å². The van der Waals surface area contributed by atoms with E-state index in [2.05, 4.69) is 15.3 Å². The van der Waals surface area contributed by atoms with E-state index in [1.165, 1.54) is 19.5 Å². The molecule has 0 aromatic carbocycles. The van der Waals surface area contributed by atoms with Crippen LogP contribution in [-0.4, -0.2) is 29.0 Å². The molecule has 1 saturated carbocycles. The van der Waals surface area contributed by atoms with Gasteiger partial charge in [0.1, 0.15) is 0 Å². The van der Waals surface area contributed by atoms with Crippen LogP contribution in [0.5, 0.6) is 0 Å². The third-order valence-corrected chi connectivity index (χ3v) is 4.69. The van der Waals surface area contributed by atoms with Gasteiger partial charge in [-0.1, -0.05) is 18.5 Å². The standard InChI is InChI=1S/C15H20ClN3O3/c1-14(4-5-15(2,9-14)13(21)22-3)12(20)19-8-10-11(16)18-7-6-17-10/h6-7H,4-5,8-9H2,1-3H3,(H,19,20). The predicted octanol–water partition coefficient (Wildman–Crippen LogP) is 2.12. The number of esters is 1. The number of carbonyl (C=O) groups is 2. The lowest BCUT2D eigenvalue weighted by atomic mass is 9.81. The number of hydrogen-bond acceptors (Lipinski definition) is 5. The van der Waals surface area contributed by atoms with Crippen molar-refractivity contribution < 1.29 is 14.3 Å². The molecule has 0 bridgehead atoms. The van der Waals surface area contributed by atoms with Gasteiger partial charge in [-0.15, -0.1) is 0 Å². The molecular weight excluding hydrogens is 306 g/mol. The Morgan fingerprint density at radius 3 is 2.55 bits per heavy atom. The minimum atomic E-state index is -0.606. The Hall–Kier alpha value is -1.69. The Kier molecular flexibility index (Phi) is 4.70. The third kappa shape index (κ3) is 3.21. The lowest BCUT2D eigenvalue weighted by Gasteiger charge is -2.26. The van der Waals surface area contributed by atoms with Gasteiger partial charge in [0, 0.05) is 17.8 Å². The number of halogens is 1. The number of ether oxygens (including phenoxy) is 1. The molecule has 22 heavy (non-hydrogen) atoms. The molecule has 1 aliphatic rings. The number of aromatic nitrogens is 2. The molecule has 6 nitrogen and oxygen atoms in total. The highest BCUT2D eigenvalue weighted by molar-refractivity contribution is 6.29. The second-order valence-electron chi connectivity index (χ2n) is 6.27. The largest absolute Gasteiger partial charge is 0.469 e. The van der Waals surface area contributed by atoms with E-state index >= 15 is 0 Å². The first-order chi connectivity index (χ1) is 10.3. The van der Waals surface area contributed by atoms with Gasteiger partial charge in [0.15, 0.2) is 5.15 Å². The first-order valence-electron chi connectivity index (χ1n) is 7.13. The smallest absolute Gasteiger partial charge is 0.311 e. The molecule has 0 aliphatic heterocycles. The Bertz CT molecular complexity index is 595. The van der Waals surface area contributed by atoms with E-state index < -0.39 is 10.8 Å². The van der Waals surface area contributed by atoms with Crippen molar-refractivity contribution in [2.45, 2.75) is 39.7 Å². The molecule has 2 unspecified atom stereocenters. The van der Waals surface area contributed by atoms with Gasteiger partial charge in [-0.2, -0.15) is 0 Å². The molecule has 1 amide bonds. The second kappa shape index (κ2) is 6.20. The van der Waals surface area contributed by atoms with E-state index in [0.717, 1.165) is 0 Å². The predicted molar refractivity (Wildman–Crippen MR) is 81.0 cm³/mol. The molecular formula is C15H20ClN3O3. The monoisotopic (exact) mass is 325 g/mol. The number of amides is 1. The maximum Gasteiger partial charge on any atom is 0.311 e. The van der Waals surface area contributed by atoms with Crippen LogP contribution in [-0.2, 0) is 20.9 Å². The topological polar surface area (TPSA) is 81.2 Å². The van der Waals surface area contributed by atoms with E-state index in [9.17, 15) is 9.59 Å². The third-order valence-electron chi connectivity index (χ3n) is 4.37. The summed E-state index contributed by atoms with van der Waals surface area (Å²) in [4.78, 5) is 32.4. The quantitative estimate of drug-likeness (QED) is 0.857. The fraction of sp³-hybridized carbons (Fsp3) is 0.600. The van der Waals surface area contributed by atoms with Crippen molar-refractivity contribution >= 4 is 23.5 Å². The second-order valence-corrected chi connectivity index (χ2v) is 6.62. The van der Waals surface area contributed by atoms with Gasteiger partial charge in [0.25, 0.3) is 0 Å². The van der Waals surface area contributed by atoms with E-state index in [1.807, 2.05) is 13.8 Å². The van der Waals surface area contributed by atoms with Gasteiger partial charge in [-0.05, 0) is 26.2 Å². The number of methoxy groups -OCH3 is 1. The number of rotatable bonds is 4. The SMILES string of the molecule is COC(=O)C1(C)CCC(C)(C(=O)NCc2nccnc2Cl)C1. The average Bonchev–Trinajstić information content (AvgIpc) is 2.83. The zero-order valence-corrected chi connectivity index (χ0v) is 13.7. The Labute approximate surface area is 134 Å². The van der Waals surface area contributed by atoms with Crippen molar-refractivity contribution in [3.05, 3.63) is 23.2 Å². The Morgan fingerprint density at radius 2 is 1.91 bits per heavy atom. The summed E-state index contributed by atoms with van der Waals surface area (Å²) in [5.74, 6) is -0.372. The van der Waals surface area contributed by atoms with Crippen molar-refractivity contribution in [1.82, 2.24) is 15.3 Å². The van der Waals surface area contributed by atoms with Gasteiger partial charge in [0.05, 0.1) is 24.8 Å². The molecule has 0 spiro atoms. The highest BCUT2D eigenvalue weighted by atomic mass is 35.5. The molecule has 7 heteroatoms. The summed E-state index contributed by atoms with van der Waals surface area (Å²) in [6.45, 7) is 3.93. The molecule has 1 fully saturated rings. The van der Waals surface area contributed by atoms with Gasteiger partial charge >= 0.3 is 5.97 Å². The molecule has 1 aliphatic carbocycles. The van der Waals surface area contributed by atoms with Crippen LogP contribution in [0.15, 0.2) is 12.4 Å². The average molecular weight is 326 g/mol. The van der Waals surface area contributed by atoms with Crippen LogP contribution in [0.1, 0.15) is 38.8 Å². The summed E-state index contributed by atoms with van der Waals surface area (Å²) >= 11 is 5.92. The van der Waals surface area contributed by atoms with Crippen LogP contribution in [0.25, 0.3) is 0 Å². The van der Waals surface area contributed by atoms with Gasteiger partial charge in [0.2, 0.25) is 5.91 Å². The number of nitrogens with zero attached hydrogens (tertiary/aromatic N) is 2. The van der Waals surface area contributed by atoms with Crippen molar-refractivity contribution in [3.8, 4) is 0 Å². The maximum absolute atomic E-state index is 12.5. The molecule has 1 N–H and O–H groups in total. The summed E-state index contributed by atoms with van der Waals surface area (Å²) in [5.41, 5.74) is -0.683. The lowest BCUT2D eigenvalue weighted by Crippen LogP contribution is -2.39. The molecule has 1 aromatic rings. The summed E-state index contributed by atoms with van der Waals surface area (Å²) in [5, 5.41) is 3.12. The molecule has 2 atom stereocenters. The molecule has 0 saturated heterocycles. The highest BCUT2D eigenvalue weighted by Crippen LogP contribution is 2.49. The summed E-state index contributed by atoms with van der Waals surface area (Å²) in [7, 11) is 1.37. The summed E-state index contributed by atoms with van der Waals surface area (Å²) in [6.07, 6.45) is 4.76. The van der Waals surface area contributed by atoms with Gasteiger partial charge < -0.3 is 10.1 Å². The van der Waals surface area contributed by atoms with Crippen molar-refractivity contribution in [3.63, 3.8) is 0 Å². The molecule has 0 radical (unpaired) electrons. The molecule has 2 rings (SSSR count). The van der Waals surface area contributed by atoms with Crippen LogP contribution in [0, 0.1) is 10.8 Å². The normalized spacial score (nSPS) is 27.5. The Balaban J connectivity index is 2.01. The van der Waals surface area contributed by atoms with Crippen molar-refractivity contribution in [1.29, 1.82) is 0 Å². The fourth-order valence-electron chi connectivity index (χ4n) is 3.05. The molecule has 120 valence electrons. The summed E-state index contributed by atoms with van der Waals surface area (Å²) in [6, 6.07) is 0. The van der Waals surface area contributed by atoms with Crippen LogP contribution in [0.4, 0.5) is 0 Å². The van der Waals surface area contributed by atoms with Gasteiger partial charge in [-0.3, -0.25) is 14.6 Å². The minimum absolute atomic E-state index is 0.109. The number of carbonyl (C=O) groups excluding carboxylic acids is 2.